The number of hydrogen-bond donors (Lipinski definition) is 3. The summed E-state index contributed by atoms with van der Waals surface area (Å²) in [7, 11) is 0. The van der Waals surface area contributed by atoms with Crippen LogP contribution in [-0.4, -0.2) is 21.3 Å². The third-order valence-electron chi connectivity index (χ3n) is 4.58. The highest BCUT2D eigenvalue weighted by Gasteiger charge is 2.36. The highest BCUT2D eigenvalue weighted by atomic mass is 35.5. The third-order valence-corrected chi connectivity index (χ3v) is 5.05. The van der Waals surface area contributed by atoms with Crippen molar-refractivity contribution in [2.24, 2.45) is 0 Å². The summed E-state index contributed by atoms with van der Waals surface area (Å²) in [4.78, 5) is 37.2. The fourth-order valence-corrected chi connectivity index (χ4v) is 3.57. The minimum absolute atomic E-state index is 0.00306. The first-order chi connectivity index (χ1) is 14.2. The number of fused-ring (bicyclic) bond motifs is 2. The second-order valence-electron chi connectivity index (χ2n) is 6.36. The van der Waals surface area contributed by atoms with Gasteiger partial charge in [-0.25, -0.2) is 9.59 Å². The van der Waals surface area contributed by atoms with E-state index in [2.05, 4.69) is 0 Å². The molecule has 0 atom stereocenters. The van der Waals surface area contributed by atoms with E-state index in [1.54, 1.807) is 0 Å². The fourth-order valence-electron chi connectivity index (χ4n) is 3.25. The molecule has 2 aromatic heterocycles. The predicted octanol–water partition coefficient (Wildman–Crippen LogP) is 3.83. The molecule has 0 saturated carbocycles. The van der Waals surface area contributed by atoms with Gasteiger partial charge in [-0.05, 0) is 24.3 Å². The Hall–Kier alpha value is -3.49. The molecule has 0 aliphatic rings. The first kappa shape index (κ1) is 19.8. The van der Waals surface area contributed by atoms with Crippen LogP contribution in [0.1, 0.15) is 17.0 Å². The van der Waals surface area contributed by atoms with Crippen LogP contribution in [0.2, 0.25) is 10.0 Å². The summed E-state index contributed by atoms with van der Waals surface area (Å²) < 4.78 is 10.2. The van der Waals surface area contributed by atoms with E-state index in [1.165, 1.54) is 36.4 Å². The van der Waals surface area contributed by atoms with Crippen molar-refractivity contribution in [3.63, 3.8) is 0 Å². The maximum atomic E-state index is 12.6. The summed E-state index contributed by atoms with van der Waals surface area (Å²) in [6.45, 7) is 0. The lowest BCUT2D eigenvalue weighted by molar-refractivity contribution is -0.137. The summed E-state index contributed by atoms with van der Waals surface area (Å²) >= 11 is 11.7. The van der Waals surface area contributed by atoms with Gasteiger partial charge in [0.2, 0.25) is 0 Å². The van der Waals surface area contributed by atoms with Gasteiger partial charge >= 0.3 is 17.2 Å². The van der Waals surface area contributed by atoms with E-state index in [9.17, 15) is 29.7 Å². The maximum absolute atomic E-state index is 12.6. The molecule has 0 aliphatic carbocycles. The number of carboxylic acid groups (broad SMARTS) is 1. The molecule has 0 radical (unpaired) electrons. The van der Waals surface area contributed by atoms with Crippen molar-refractivity contribution < 1.29 is 28.9 Å². The molecular weight excluding hydrogens is 439 g/mol. The largest absolute Gasteiger partial charge is 0.507 e. The molecule has 4 rings (SSSR count). The van der Waals surface area contributed by atoms with Crippen molar-refractivity contribution in [1.29, 1.82) is 0 Å². The zero-order valence-corrected chi connectivity index (χ0v) is 16.2. The molecule has 0 amide bonds. The van der Waals surface area contributed by atoms with E-state index < -0.39 is 45.8 Å². The van der Waals surface area contributed by atoms with Gasteiger partial charge in [0, 0.05) is 22.2 Å². The highest BCUT2D eigenvalue weighted by Crippen LogP contribution is 2.39. The van der Waals surface area contributed by atoms with Crippen LogP contribution in [0, 0.1) is 0 Å². The smallest absolute Gasteiger partial charge is 0.344 e. The third kappa shape index (κ3) is 3.06. The van der Waals surface area contributed by atoms with Crippen LogP contribution in [0.25, 0.3) is 21.9 Å². The van der Waals surface area contributed by atoms with Crippen LogP contribution in [0.4, 0.5) is 0 Å². The van der Waals surface area contributed by atoms with Crippen LogP contribution >= 0.6 is 23.2 Å². The molecule has 0 fully saturated rings. The Morgan fingerprint density at radius 1 is 0.800 bits per heavy atom. The topological polar surface area (TPSA) is 138 Å². The van der Waals surface area contributed by atoms with Crippen molar-refractivity contribution in [3.8, 4) is 11.5 Å². The van der Waals surface area contributed by atoms with Crippen molar-refractivity contribution >= 4 is 51.1 Å². The average Bonchev–Trinajstić information content (AvgIpc) is 2.65. The lowest BCUT2D eigenvalue weighted by atomic mass is 9.90. The average molecular weight is 449 g/mol. The molecule has 3 N–H and O–H groups in total. The van der Waals surface area contributed by atoms with Gasteiger partial charge in [-0.3, -0.25) is 4.79 Å². The van der Waals surface area contributed by atoms with Gasteiger partial charge in [-0.1, -0.05) is 23.2 Å². The van der Waals surface area contributed by atoms with E-state index in [1.807, 2.05) is 0 Å². The molecule has 30 heavy (non-hydrogen) atoms. The van der Waals surface area contributed by atoms with Crippen molar-refractivity contribution in [2.45, 2.75) is 5.92 Å². The molecular formula is C20H10Cl2O8. The number of carboxylic acids is 1. The van der Waals surface area contributed by atoms with Gasteiger partial charge in [0.15, 0.2) is 0 Å². The number of aromatic hydroxyl groups is 2. The molecule has 2 aromatic carbocycles. The Morgan fingerprint density at radius 3 is 1.57 bits per heavy atom. The van der Waals surface area contributed by atoms with Crippen LogP contribution < -0.4 is 11.3 Å². The Balaban J connectivity index is 2.08. The van der Waals surface area contributed by atoms with Gasteiger partial charge in [-0.15, -0.1) is 0 Å². The molecule has 0 saturated heterocycles. The lowest BCUT2D eigenvalue weighted by Crippen LogP contribution is -2.26. The highest BCUT2D eigenvalue weighted by molar-refractivity contribution is 6.31. The zero-order chi connectivity index (χ0) is 21.7. The fraction of sp³-hybridized carbons (Fsp3) is 0.0500. The summed E-state index contributed by atoms with van der Waals surface area (Å²) in [5.41, 5.74) is -4.08. The molecule has 4 aromatic rings. The van der Waals surface area contributed by atoms with E-state index in [0.29, 0.717) is 0 Å². The summed E-state index contributed by atoms with van der Waals surface area (Å²) in [6.07, 6.45) is 0. The van der Waals surface area contributed by atoms with Crippen LogP contribution in [0.5, 0.6) is 11.5 Å². The van der Waals surface area contributed by atoms with E-state index >= 15 is 0 Å². The van der Waals surface area contributed by atoms with Crippen LogP contribution in [0.15, 0.2) is 54.8 Å². The molecule has 152 valence electrons. The van der Waals surface area contributed by atoms with Crippen LogP contribution in [-0.2, 0) is 4.79 Å². The van der Waals surface area contributed by atoms with Crippen molar-refractivity contribution in [2.75, 3.05) is 0 Å². The van der Waals surface area contributed by atoms with E-state index in [0.717, 1.165) is 0 Å². The van der Waals surface area contributed by atoms with Gasteiger partial charge in [0.25, 0.3) is 0 Å². The quantitative estimate of drug-likeness (QED) is 0.401. The molecule has 8 nitrogen and oxygen atoms in total. The van der Waals surface area contributed by atoms with Crippen molar-refractivity contribution in [1.82, 2.24) is 0 Å². The second-order valence-corrected chi connectivity index (χ2v) is 7.23. The molecule has 0 bridgehead atoms. The molecule has 2 heterocycles. The summed E-state index contributed by atoms with van der Waals surface area (Å²) in [5, 5.41) is 31.5. The number of benzene rings is 2. The Morgan fingerprint density at radius 2 is 1.20 bits per heavy atom. The van der Waals surface area contributed by atoms with Crippen molar-refractivity contribution in [3.05, 3.63) is 78.4 Å². The van der Waals surface area contributed by atoms with E-state index in [4.69, 9.17) is 32.0 Å². The predicted molar refractivity (Wildman–Crippen MR) is 108 cm³/mol. The van der Waals surface area contributed by atoms with Gasteiger partial charge < -0.3 is 24.2 Å². The number of rotatable bonds is 3. The maximum Gasteiger partial charge on any atom is 0.344 e. The van der Waals surface area contributed by atoms with Gasteiger partial charge in [-0.2, -0.15) is 0 Å². The first-order valence-corrected chi connectivity index (χ1v) is 9.08. The SMILES string of the molecule is O=C(O)C(c1c(O)c2ccc(Cl)cc2oc1=O)c1c(O)c2ccc(Cl)cc2oc1=O. The molecule has 0 aliphatic heterocycles. The normalized spacial score (nSPS) is 11.4. The van der Waals surface area contributed by atoms with E-state index in [-0.39, 0.29) is 32.0 Å². The van der Waals surface area contributed by atoms with Crippen LogP contribution in [0.3, 0.4) is 0 Å². The Bertz CT molecular complexity index is 1360. The van der Waals surface area contributed by atoms with Gasteiger partial charge in [0.1, 0.15) is 28.6 Å². The Kier molecular flexibility index (Phi) is 4.68. The molecule has 10 heteroatoms. The zero-order valence-electron chi connectivity index (χ0n) is 14.7. The summed E-state index contributed by atoms with van der Waals surface area (Å²) in [5.74, 6) is -5.21. The lowest BCUT2D eigenvalue weighted by Gasteiger charge is -2.15. The molecule has 0 spiro atoms. The Labute approximate surface area is 176 Å². The second kappa shape index (κ2) is 7.08. The minimum atomic E-state index is -2.07. The number of aliphatic carboxylic acids is 1. The first-order valence-electron chi connectivity index (χ1n) is 8.32. The summed E-state index contributed by atoms with van der Waals surface area (Å²) in [6, 6.07) is 7.97. The minimum Gasteiger partial charge on any atom is -0.507 e. The standard InChI is InChI=1S/C20H10Cl2O8/c21-7-1-3-9-11(5-7)29-19(27)14(16(9)23)13(18(25)26)15-17(24)10-4-2-8(22)6-12(10)30-20(15)28/h1-6,13,23-24H,(H,25,26). The number of carbonyl (C=O) groups is 1. The monoisotopic (exact) mass is 448 g/mol. The number of halogens is 2. The number of hydrogen-bond acceptors (Lipinski definition) is 7. The molecule has 0 unspecified atom stereocenters. The van der Waals surface area contributed by atoms with Gasteiger partial charge in [0.05, 0.1) is 21.9 Å².